The van der Waals surface area contributed by atoms with Crippen LogP contribution in [0, 0.1) is 12.8 Å². The van der Waals surface area contributed by atoms with E-state index in [1.165, 1.54) is 17.7 Å². The maximum Gasteiger partial charge on any atom is 0.223 e. The van der Waals surface area contributed by atoms with Crippen molar-refractivity contribution in [2.24, 2.45) is 5.92 Å². The van der Waals surface area contributed by atoms with Gasteiger partial charge in [-0.15, -0.1) is 21.5 Å². The number of aromatic nitrogens is 3. The summed E-state index contributed by atoms with van der Waals surface area (Å²) < 4.78 is 2.42. The first-order chi connectivity index (χ1) is 17.8. The number of fused-ring (bicyclic) bond motifs is 2. The minimum atomic E-state index is -0.00725. The van der Waals surface area contributed by atoms with Crippen LogP contribution in [-0.4, -0.2) is 68.1 Å². The third-order valence-corrected chi connectivity index (χ3v) is 9.81. The number of likely N-dealkylation sites (tertiary alicyclic amines) is 1. The molecular weight excluding hydrogens is 484 g/mol. The summed E-state index contributed by atoms with van der Waals surface area (Å²) in [7, 11) is 0. The fourth-order valence-electron chi connectivity index (χ4n) is 6.85. The van der Waals surface area contributed by atoms with Gasteiger partial charge >= 0.3 is 0 Å². The van der Waals surface area contributed by atoms with Crippen LogP contribution in [-0.2, 0) is 9.59 Å². The quantitative estimate of drug-likeness (QED) is 0.550. The molecule has 3 aliphatic rings. The van der Waals surface area contributed by atoms with Crippen molar-refractivity contribution < 1.29 is 9.59 Å². The summed E-state index contributed by atoms with van der Waals surface area (Å²) in [6.45, 7) is 10.5. The zero-order valence-corrected chi connectivity index (χ0v) is 23.5. The van der Waals surface area contributed by atoms with Crippen molar-refractivity contribution in [3.63, 3.8) is 0 Å². The summed E-state index contributed by atoms with van der Waals surface area (Å²) in [6.07, 6.45) is 7.25. The summed E-state index contributed by atoms with van der Waals surface area (Å²) in [4.78, 5) is 30.7. The molecule has 3 fully saturated rings. The van der Waals surface area contributed by atoms with Crippen LogP contribution in [0.4, 0.5) is 0 Å². The van der Waals surface area contributed by atoms with Crippen molar-refractivity contribution in [1.29, 1.82) is 0 Å². The van der Waals surface area contributed by atoms with E-state index in [0.29, 0.717) is 37.1 Å². The Morgan fingerprint density at radius 3 is 2.38 bits per heavy atom. The lowest BCUT2D eigenvalue weighted by Crippen LogP contribution is -2.46. The van der Waals surface area contributed by atoms with Gasteiger partial charge in [-0.3, -0.25) is 14.5 Å². The maximum absolute atomic E-state index is 13.2. The van der Waals surface area contributed by atoms with Crippen molar-refractivity contribution in [1.82, 2.24) is 29.9 Å². The Labute approximate surface area is 224 Å². The minimum Gasteiger partial charge on any atom is -0.348 e. The van der Waals surface area contributed by atoms with Crippen molar-refractivity contribution in [3.05, 3.63) is 34.0 Å². The smallest absolute Gasteiger partial charge is 0.223 e. The number of nitrogens with one attached hydrogen (secondary N) is 1. The number of aryl methyl sites for hydroxylation is 1. The van der Waals surface area contributed by atoms with Crippen LogP contribution in [0.1, 0.15) is 100 Å². The number of hydrogen-bond acceptors (Lipinski definition) is 6. The van der Waals surface area contributed by atoms with Gasteiger partial charge in [0.1, 0.15) is 11.6 Å². The first-order valence-corrected chi connectivity index (χ1v) is 15.0. The molecule has 3 atom stereocenters. The van der Waals surface area contributed by atoms with Crippen LogP contribution < -0.4 is 5.32 Å². The number of amides is 2. The number of piperidine rings is 2. The third-order valence-electron chi connectivity index (χ3n) is 8.82. The van der Waals surface area contributed by atoms with Gasteiger partial charge in [-0.25, -0.2) is 0 Å². The number of carbonyl (C=O) groups excluding carboxylic acids is 2. The lowest BCUT2D eigenvalue weighted by molar-refractivity contribution is -0.134. The summed E-state index contributed by atoms with van der Waals surface area (Å²) in [5, 5.41) is 14.4. The van der Waals surface area contributed by atoms with Crippen LogP contribution in [0.25, 0.3) is 0 Å². The van der Waals surface area contributed by atoms with E-state index >= 15 is 0 Å². The molecule has 0 aliphatic carbocycles. The van der Waals surface area contributed by atoms with E-state index in [0.717, 1.165) is 50.3 Å². The lowest BCUT2D eigenvalue weighted by atomic mass is 9.94. The van der Waals surface area contributed by atoms with Gasteiger partial charge < -0.3 is 14.8 Å². The highest BCUT2D eigenvalue weighted by molar-refractivity contribution is 7.10. The highest BCUT2D eigenvalue weighted by Gasteiger charge is 2.42. The van der Waals surface area contributed by atoms with E-state index in [2.05, 4.69) is 63.3 Å². The van der Waals surface area contributed by atoms with Gasteiger partial charge in [-0.1, -0.05) is 19.9 Å². The van der Waals surface area contributed by atoms with E-state index < -0.39 is 0 Å². The summed E-state index contributed by atoms with van der Waals surface area (Å²) in [5.74, 6) is 2.77. The molecule has 1 N–H and O–H groups in total. The first-order valence-electron chi connectivity index (χ1n) is 14.1. The predicted molar refractivity (Wildman–Crippen MR) is 145 cm³/mol. The lowest BCUT2D eigenvalue weighted by Gasteiger charge is -2.40. The highest BCUT2D eigenvalue weighted by Crippen LogP contribution is 2.42. The van der Waals surface area contributed by atoms with Gasteiger partial charge in [0.05, 0.1) is 6.04 Å². The van der Waals surface area contributed by atoms with Gasteiger partial charge in [0.15, 0.2) is 0 Å². The van der Waals surface area contributed by atoms with Crippen molar-refractivity contribution in [2.75, 3.05) is 19.6 Å². The molecule has 2 aromatic heterocycles. The van der Waals surface area contributed by atoms with Gasteiger partial charge in [0.25, 0.3) is 0 Å². The largest absolute Gasteiger partial charge is 0.348 e. The molecule has 2 aromatic rings. The number of thiophene rings is 1. The van der Waals surface area contributed by atoms with Gasteiger partial charge in [-0.2, -0.15) is 0 Å². The van der Waals surface area contributed by atoms with Gasteiger partial charge in [-0.05, 0) is 63.3 Å². The molecule has 0 unspecified atom stereocenters. The van der Waals surface area contributed by atoms with E-state index in [-0.39, 0.29) is 23.8 Å². The fourth-order valence-corrected chi connectivity index (χ4v) is 7.66. The molecule has 202 valence electrons. The number of carbonyl (C=O) groups is 2. The zero-order valence-electron chi connectivity index (χ0n) is 22.7. The Kier molecular flexibility index (Phi) is 8.00. The molecule has 3 saturated heterocycles. The minimum absolute atomic E-state index is 0.00725. The average Bonchev–Trinajstić information content (AvgIpc) is 3.60. The molecule has 0 saturated carbocycles. The summed E-state index contributed by atoms with van der Waals surface area (Å²) in [5.41, 5.74) is 0. The molecule has 0 aromatic carbocycles. The Hall–Kier alpha value is -2.26. The second kappa shape index (κ2) is 11.2. The number of nitrogens with zero attached hydrogens (tertiary/aromatic N) is 5. The van der Waals surface area contributed by atoms with Gasteiger partial charge in [0.2, 0.25) is 11.8 Å². The Bertz CT molecular complexity index is 1060. The molecular formula is C28H42N6O2S. The molecule has 2 bridgehead atoms. The second-order valence-corrected chi connectivity index (χ2v) is 12.5. The van der Waals surface area contributed by atoms with Crippen molar-refractivity contribution in [3.8, 4) is 0 Å². The summed E-state index contributed by atoms with van der Waals surface area (Å²) in [6, 6.07) is 5.92. The first kappa shape index (κ1) is 26.4. The van der Waals surface area contributed by atoms with Crippen LogP contribution in [0.3, 0.4) is 0 Å². The van der Waals surface area contributed by atoms with Crippen LogP contribution in [0.15, 0.2) is 17.5 Å². The normalized spacial score (nSPS) is 25.5. The second-order valence-electron chi connectivity index (χ2n) is 11.5. The molecule has 3 aliphatic heterocycles. The highest BCUT2D eigenvalue weighted by atomic mass is 32.1. The van der Waals surface area contributed by atoms with Crippen molar-refractivity contribution >= 4 is 23.2 Å². The van der Waals surface area contributed by atoms with E-state index in [1.54, 1.807) is 18.3 Å². The SMILES string of the molecule is CC(=O)N1CCC(C(=O)N[C@@H](CCN2[C@H]3CC[C@H]2CC(n2c(C)nnc2C(C)C)C3)c2cccs2)CC1. The molecule has 5 heterocycles. The Morgan fingerprint density at radius 1 is 1.08 bits per heavy atom. The van der Waals surface area contributed by atoms with Crippen LogP contribution in [0.5, 0.6) is 0 Å². The zero-order chi connectivity index (χ0) is 26.1. The molecule has 0 radical (unpaired) electrons. The van der Waals surface area contributed by atoms with E-state index in [4.69, 9.17) is 0 Å². The molecule has 8 nitrogen and oxygen atoms in total. The van der Waals surface area contributed by atoms with Crippen LogP contribution in [0.2, 0.25) is 0 Å². The summed E-state index contributed by atoms with van der Waals surface area (Å²) >= 11 is 1.73. The van der Waals surface area contributed by atoms with Crippen molar-refractivity contribution in [2.45, 2.75) is 103 Å². The standard InChI is InChI=1S/C28H42N6O2S/c1-18(2)27-31-30-19(3)34(27)24-16-22-7-8-23(17-24)33(22)14-11-25(26-6-5-15-37-26)29-28(36)21-9-12-32(13-10-21)20(4)35/h5-6,15,18,21-25H,7-14,16-17H2,1-4H3,(H,29,36)/t22-,23-,25-/m0/s1. The maximum atomic E-state index is 13.2. The Balaban J connectivity index is 1.21. The molecule has 0 spiro atoms. The molecule has 37 heavy (non-hydrogen) atoms. The number of hydrogen-bond donors (Lipinski definition) is 1. The number of rotatable bonds is 8. The molecule has 2 amide bonds. The Morgan fingerprint density at radius 2 is 1.78 bits per heavy atom. The van der Waals surface area contributed by atoms with Gasteiger partial charge in [0, 0.05) is 61.4 Å². The third kappa shape index (κ3) is 5.62. The average molecular weight is 527 g/mol. The van der Waals surface area contributed by atoms with E-state index in [1.807, 2.05) is 4.90 Å². The van der Waals surface area contributed by atoms with E-state index in [9.17, 15) is 9.59 Å². The topological polar surface area (TPSA) is 83.4 Å². The predicted octanol–water partition coefficient (Wildman–Crippen LogP) is 4.45. The molecule has 5 rings (SSSR count). The molecule has 9 heteroatoms. The fraction of sp³-hybridized carbons (Fsp3) is 0.714. The van der Waals surface area contributed by atoms with Crippen LogP contribution >= 0.6 is 11.3 Å². The monoisotopic (exact) mass is 526 g/mol.